The van der Waals surface area contributed by atoms with Crippen LogP contribution < -0.4 is 15.4 Å². The van der Waals surface area contributed by atoms with E-state index in [4.69, 9.17) is 11.6 Å². The molecule has 2 amide bonds. The summed E-state index contributed by atoms with van der Waals surface area (Å²) in [5.41, 5.74) is -1.28. The van der Waals surface area contributed by atoms with Gasteiger partial charge >= 0.3 is 12.1 Å². The minimum Gasteiger partial charge on any atom is -0.429 e. The van der Waals surface area contributed by atoms with Crippen molar-refractivity contribution in [2.24, 2.45) is 0 Å². The van der Waals surface area contributed by atoms with Crippen molar-refractivity contribution in [1.82, 2.24) is 10.3 Å². The molecule has 0 radical (unpaired) electrons. The third-order valence-electron chi connectivity index (χ3n) is 3.72. The zero-order valence-corrected chi connectivity index (χ0v) is 15.6. The van der Waals surface area contributed by atoms with E-state index in [0.29, 0.717) is 22.5 Å². The quantitative estimate of drug-likeness (QED) is 0.529. The number of amides is 2. The number of halogens is 4. The maximum atomic E-state index is 13.2. The summed E-state index contributed by atoms with van der Waals surface area (Å²) < 4.78 is 48.1. The molecule has 0 aliphatic carbocycles. The van der Waals surface area contributed by atoms with E-state index in [-0.39, 0.29) is 11.6 Å². The number of ether oxygens (including phenoxy) is 1. The fourth-order valence-electron chi connectivity index (χ4n) is 2.36. The van der Waals surface area contributed by atoms with Gasteiger partial charge in [-0.2, -0.15) is 8.78 Å². The average Bonchev–Trinajstić information content (AvgIpc) is 3.12. The van der Waals surface area contributed by atoms with Crippen molar-refractivity contribution in [2.75, 3.05) is 10.6 Å². The molecule has 0 fully saturated rings. The van der Waals surface area contributed by atoms with Gasteiger partial charge in [0.1, 0.15) is 5.75 Å². The maximum Gasteiger partial charge on any atom is 0.444 e. The number of anilines is 2. The number of nitrogens with zero attached hydrogens (tertiary/aromatic N) is 2. The van der Waals surface area contributed by atoms with Gasteiger partial charge < -0.3 is 10.1 Å². The molecular formula is C18H14ClF3N4O3. The van der Waals surface area contributed by atoms with Gasteiger partial charge in [-0.15, -0.1) is 0 Å². The fraction of sp³-hybridized carbons (Fsp3) is 0.167. The second-order valence-corrected chi connectivity index (χ2v) is 6.23. The molecule has 11 heteroatoms. The Hall–Kier alpha value is -3.27. The number of alkyl halides is 4. The summed E-state index contributed by atoms with van der Waals surface area (Å²) in [6.45, 7) is 1.54. The Morgan fingerprint density at radius 1 is 1.17 bits per heavy atom. The number of urea groups is 1. The summed E-state index contributed by atoms with van der Waals surface area (Å²) in [5, 5.41) is 12.5. The standard InChI is InChI=1S/C18H14ClF3N4O3/c1-10-9-12(28-18(21,22)16(19)20)7-8-13(10)23-17(27)24-15-14(25-29-26-15)11-5-3-2-4-6-11/h2-9,16H,1H3,(H2,23,24,26,27). The van der Waals surface area contributed by atoms with E-state index >= 15 is 0 Å². The van der Waals surface area contributed by atoms with E-state index in [2.05, 4.69) is 30.3 Å². The van der Waals surface area contributed by atoms with Crippen molar-refractivity contribution < 1.29 is 27.3 Å². The van der Waals surface area contributed by atoms with Crippen LogP contribution in [0.3, 0.4) is 0 Å². The zero-order chi connectivity index (χ0) is 21.0. The maximum absolute atomic E-state index is 13.2. The van der Waals surface area contributed by atoms with Crippen LogP contribution in [0.15, 0.2) is 53.2 Å². The van der Waals surface area contributed by atoms with Crippen LogP contribution in [0.25, 0.3) is 11.3 Å². The Kier molecular flexibility index (Phi) is 5.92. The van der Waals surface area contributed by atoms with Crippen molar-refractivity contribution in [1.29, 1.82) is 0 Å². The van der Waals surface area contributed by atoms with Gasteiger partial charge in [-0.25, -0.2) is 13.8 Å². The highest BCUT2D eigenvalue weighted by molar-refractivity contribution is 6.20. The lowest BCUT2D eigenvalue weighted by molar-refractivity contribution is -0.199. The van der Waals surface area contributed by atoms with E-state index < -0.39 is 17.8 Å². The number of carbonyl (C=O) groups is 1. The first-order valence-corrected chi connectivity index (χ1v) is 8.61. The van der Waals surface area contributed by atoms with Gasteiger partial charge in [-0.1, -0.05) is 41.9 Å². The highest BCUT2D eigenvalue weighted by Crippen LogP contribution is 2.31. The van der Waals surface area contributed by atoms with E-state index in [0.717, 1.165) is 6.07 Å². The molecule has 0 bridgehead atoms. The molecule has 29 heavy (non-hydrogen) atoms. The van der Waals surface area contributed by atoms with Crippen molar-refractivity contribution in [3.63, 3.8) is 0 Å². The van der Waals surface area contributed by atoms with E-state index in [1.54, 1.807) is 31.2 Å². The van der Waals surface area contributed by atoms with Crippen LogP contribution in [0.1, 0.15) is 5.56 Å². The molecular weight excluding hydrogens is 413 g/mol. The Labute approximate surface area is 167 Å². The largest absolute Gasteiger partial charge is 0.444 e. The molecule has 0 aliphatic heterocycles. The first kappa shape index (κ1) is 20.5. The van der Waals surface area contributed by atoms with Crippen molar-refractivity contribution in [3.05, 3.63) is 54.1 Å². The molecule has 3 rings (SSSR count). The van der Waals surface area contributed by atoms with Crippen LogP contribution >= 0.6 is 11.6 Å². The van der Waals surface area contributed by atoms with Gasteiger partial charge in [0.25, 0.3) is 5.63 Å². The SMILES string of the molecule is Cc1cc(OC(F)(F)C(F)Cl)ccc1NC(=O)Nc1nonc1-c1ccccc1. The van der Waals surface area contributed by atoms with Gasteiger partial charge in [0, 0.05) is 11.3 Å². The molecule has 0 spiro atoms. The number of benzene rings is 2. The fourth-order valence-corrected chi connectivity index (χ4v) is 2.40. The van der Waals surface area contributed by atoms with Crippen molar-refractivity contribution >= 4 is 29.1 Å². The average molecular weight is 427 g/mol. The van der Waals surface area contributed by atoms with Crippen molar-refractivity contribution in [3.8, 4) is 17.0 Å². The smallest absolute Gasteiger partial charge is 0.429 e. The number of hydrogen-bond acceptors (Lipinski definition) is 5. The van der Waals surface area contributed by atoms with Crippen LogP contribution in [0.2, 0.25) is 0 Å². The predicted octanol–water partition coefficient (Wildman–Crippen LogP) is 5.20. The summed E-state index contributed by atoms with van der Waals surface area (Å²) in [6.07, 6.45) is -4.19. The van der Waals surface area contributed by atoms with Crippen LogP contribution in [0.5, 0.6) is 5.75 Å². The monoisotopic (exact) mass is 426 g/mol. The second kappa shape index (κ2) is 8.39. The number of hydrogen-bond donors (Lipinski definition) is 2. The van der Waals surface area contributed by atoms with Crippen LogP contribution in [0.4, 0.5) is 29.5 Å². The summed E-state index contributed by atoms with van der Waals surface area (Å²) in [5.74, 6) is -0.212. The molecule has 7 nitrogen and oxygen atoms in total. The Balaban J connectivity index is 1.68. The number of rotatable bonds is 6. The zero-order valence-electron chi connectivity index (χ0n) is 14.8. The van der Waals surface area contributed by atoms with Crippen LogP contribution in [-0.2, 0) is 0 Å². The minimum atomic E-state index is -4.19. The van der Waals surface area contributed by atoms with Gasteiger partial charge in [-0.3, -0.25) is 5.32 Å². The molecule has 1 aromatic heterocycles. The molecule has 1 unspecified atom stereocenters. The summed E-state index contributed by atoms with van der Waals surface area (Å²) in [7, 11) is 0. The lowest BCUT2D eigenvalue weighted by Gasteiger charge is -2.18. The van der Waals surface area contributed by atoms with E-state index in [1.807, 2.05) is 6.07 Å². The molecule has 0 aliphatic rings. The minimum absolute atomic E-state index is 0.0991. The molecule has 1 heterocycles. The Bertz CT molecular complexity index is 999. The molecule has 0 saturated heterocycles. The number of aromatic nitrogens is 2. The Morgan fingerprint density at radius 3 is 2.55 bits per heavy atom. The normalized spacial score (nSPS) is 12.3. The third-order valence-corrected chi connectivity index (χ3v) is 3.98. The molecule has 0 saturated carbocycles. The first-order chi connectivity index (χ1) is 13.8. The summed E-state index contributed by atoms with van der Waals surface area (Å²) in [4.78, 5) is 12.3. The highest BCUT2D eigenvalue weighted by atomic mass is 35.5. The molecule has 152 valence electrons. The van der Waals surface area contributed by atoms with Crippen molar-refractivity contribution in [2.45, 2.75) is 18.7 Å². The van der Waals surface area contributed by atoms with Crippen LogP contribution in [0, 0.1) is 6.92 Å². The predicted molar refractivity (Wildman–Crippen MR) is 99.9 cm³/mol. The van der Waals surface area contributed by atoms with Gasteiger partial charge in [-0.05, 0) is 41.0 Å². The highest BCUT2D eigenvalue weighted by Gasteiger charge is 2.42. The van der Waals surface area contributed by atoms with Gasteiger partial charge in [0.05, 0.1) is 0 Å². The molecule has 2 aromatic carbocycles. The van der Waals surface area contributed by atoms with Gasteiger partial charge in [0.15, 0.2) is 5.69 Å². The summed E-state index contributed by atoms with van der Waals surface area (Å²) >= 11 is 4.76. The Morgan fingerprint density at radius 2 is 1.90 bits per heavy atom. The lowest BCUT2D eigenvalue weighted by Crippen LogP contribution is -2.32. The second-order valence-electron chi connectivity index (χ2n) is 5.85. The number of aryl methyl sites for hydroxylation is 1. The number of nitrogens with one attached hydrogen (secondary N) is 2. The topological polar surface area (TPSA) is 89.3 Å². The van der Waals surface area contributed by atoms with Gasteiger partial charge in [0.2, 0.25) is 5.82 Å². The molecule has 3 aromatic rings. The van der Waals surface area contributed by atoms with Crippen LogP contribution in [-0.4, -0.2) is 28.1 Å². The first-order valence-electron chi connectivity index (χ1n) is 8.18. The summed E-state index contributed by atoms with van der Waals surface area (Å²) in [6, 6.07) is 11.9. The van der Waals surface area contributed by atoms with E-state index in [9.17, 15) is 18.0 Å². The third kappa shape index (κ3) is 4.96. The molecule has 2 N–H and O–H groups in total. The number of carbonyl (C=O) groups excluding carboxylic acids is 1. The molecule has 1 atom stereocenters. The van der Waals surface area contributed by atoms with E-state index in [1.165, 1.54) is 12.1 Å². The lowest BCUT2D eigenvalue weighted by atomic mass is 10.1.